The zero-order valence-corrected chi connectivity index (χ0v) is 10.5. The summed E-state index contributed by atoms with van der Waals surface area (Å²) in [5, 5.41) is 12.7. The summed E-state index contributed by atoms with van der Waals surface area (Å²) in [6, 6.07) is 1.78. The maximum absolute atomic E-state index is 13.5. The maximum Gasteiger partial charge on any atom is 0.151 e. The number of hydrogen-bond donors (Lipinski definition) is 1. The normalized spacial score (nSPS) is 12.6. The Hall–Kier alpha value is -1.40. The lowest BCUT2D eigenvalue weighted by molar-refractivity contribution is 0.568. The average Bonchev–Trinajstić information content (AvgIpc) is 2.81. The van der Waals surface area contributed by atoms with Crippen LogP contribution in [0.15, 0.2) is 18.5 Å². The van der Waals surface area contributed by atoms with Crippen LogP contribution in [0.5, 0.6) is 0 Å². The molecule has 0 aromatic carbocycles. The molecule has 0 spiro atoms. The van der Waals surface area contributed by atoms with E-state index >= 15 is 0 Å². The van der Waals surface area contributed by atoms with E-state index in [9.17, 15) is 4.39 Å². The maximum atomic E-state index is 13.5. The minimum absolute atomic E-state index is 0.172. The van der Waals surface area contributed by atoms with Gasteiger partial charge in [0.25, 0.3) is 0 Å². The van der Waals surface area contributed by atoms with E-state index in [1.807, 2.05) is 7.05 Å². The van der Waals surface area contributed by atoms with Crippen LogP contribution in [-0.2, 0) is 0 Å². The molecular formula is C11H13FN4S. The van der Waals surface area contributed by atoms with E-state index in [0.717, 1.165) is 11.4 Å². The Morgan fingerprint density at radius 3 is 2.94 bits per heavy atom. The number of pyridine rings is 1. The summed E-state index contributed by atoms with van der Waals surface area (Å²) >= 11 is 1.40. The minimum atomic E-state index is -0.368. The van der Waals surface area contributed by atoms with Gasteiger partial charge in [0.2, 0.25) is 0 Å². The highest BCUT2D eigenvalue weighted by Gasteiger charge is 2.15. The predicted molar refractivity (Wildman–Crippen MR) is 65.2 cm³/mol. The van der Waals surface area contributed by atoms with Crippen molar-refractivity contribution in [3.63, 3.8) is 0 Å². The van der Waals surface area contributed by atoms with E-state index in [1.165, 1.54) is 17.5 Å². The number of hydrogen-bond acceptors (Lipinski definition) is 5. The Kier molecular flexibility index (Phi) is 3.75. The van der Waals surface area contributed by atoms with Crippen LogP contribution in [0.2, 0.25) is 0 Å². The molecule has 2 heterocycles. The average molecular weight is 252 g/mol. The summed E-state index contributed by atoms with van der Waals surface area (Å²) in [7, 11) is 1.88. The number of nitrogens with one attached hydrogen (secondary N) is 1. The molecule has 1 atom stereocenters. The van der Waals surface area contributed by atoms with E-state index in [1.54, 1.807) is 12.3 Å². The Morgan fingerprint density at radius 1 is 1.47 bits per heavy atom. The first-order chi connectivity index (χ1) is 8.26. The molecule has 2 rings (SSSR count). The van der Waals surface area contributed by atoms with Crippen LogP contribution in [0.3, 0.4) is 0 Å². The summed E-state index contributed by atoms with van der Waals surface area (Å²) in [5.74, 6) is -0.368. The second-order valence-corrected chi connectivity index (χ2v) is 4.56. The van der Waals surface area contributed by atoms with Crippen molar-refractivity contribution >= 4 is 11.3 Å². The van der Waals surface area contributed by atoms with Gasteiger partial charge in [-0.1, -0.05) is 18.3 Å². The first-order valence-corrected chi connectivity index (χ1v) is 6.18. The Balaban J connectivity index is 2.33. The lowest BCUT2D eigenvalue weighted by atomic mass is 10.2. The van der Waals surface area contributed by atoms with Crippen molar-refractivity contribution in [1.29, 1.82) is 0 Å². The van der Waals surface area contributed by atoms with Crippen LogP contribution in [0.1, 0.15) is 24.4 Å². The van der Waals surface area contributed by atoms with Crippen LogP contribution >= 0.6 is 11.3 Å². The fourth-order valence-corrected chi connectivity index (χ4v) is 2.60. The Bertz CT molecular complexity index is 496. The van der Waals surface area contributed by atoms with Crippen molar-refractivity contribution < 1.29 is 4.39 Å². The standard InChI is InChI=1S/C11H13FN4S/c1-3-9(13-2)11-16-15-10(17-11)7-4-5-14-6-8(7)12/h4-6,9,13H,3H2,1-2H3. The van der Waals surface area contributed by atoms with Gasteiger partial charge in [-0.15, -0.1) is 10.2 Å². The van der Waals surface area contributed by atoms with E-state index < -0.39 is 0 Å². The molecule has 0 radical (unpaired) electrons. The number of nitrogens with zero attached hydrogens (tertiary/aromatic N) is 3. The first kappa shape index (κ1) is 12.1. The lowest BCUT2D eigenvalue weighted by Crippen LogP contribution is -2.14. The molecule has 0 saturated carbocycles. The molecule has 2 aromatic heterocycles. The van der Waals surface area contributed by atoms with Gasteiger partial charge in [0.15, 0.2) is 10.8 Å². The van der Waals surface area contributed by atoms with Crippen molar-refractivity contribution in [3.8, 4) is 10.6 Å². The molecule has 1 N–H and O–H groups in total. The monoisotopic (exact) mass is 252 g/mol. The molecule has 0 fully saturated rings. The quantitative estimate of drug-likeness (QED) is 0.908. The Labute approximate surface area is 103 Å². The summed E-state index contributed by atoms with van der Waals surface area (Å²) in [6.45, 7) is 2.06. The van der Waals surface area contributed by atoms with Gasteiger partial charge in [0.05, 0.1) is 17.8 Å². The van der Waals surface area contributed by atoms with Crippen LogP contribution in [0.25, 0.3) is 10.6 Å². The Morgan fingerprint density at radius 2 is 2.29 bits per heavy atom. The van der Waals surface area contributed by atoms with Crippen LogP contribution in [0, 0.1) is 5.82 Å². The number of rotatable bonds is 4. The highest BCUT2D eigenvalue weighted by atomic mass is 32.1. The molecule has 0 aliphatic rings. The molecule has 0 amide bonds. The van der Waals surface area contributed by atoms with Crippen LogP contribution < -0.4 is 5.32 Å². The fraction of sp³-hybridized carbons (Fsp3) is 0.364. The van der Waals surface area contributed by atoms with Gasteiger partial charge in [-0.2, -0.15) is 0 Å². The molecular weight excluding hydrogens is 239 g/mol. The molecule has 90 valence electrons. The zero-order chi connectivity index (χ0) is 12.3. The van der Waals surface area contributed by atoms with Gasteiger partial charge in [-0.25, -0.2) is 4.39 Å². The molecule has 0 saturated heterocycles. The van der Waals surface area contributed by atoms with Gasteiger partial charge in [-0.05, 0) is 19.5 Å². The molecule has 4 nitrogen and oxygen atoms in total. The summed E-state index contributed by atoms with van der Waals surface area (Å²) in [4.78, 5) is 3.71. The zero-order valence-electron chi connectivity index (χ0n) is 9.64. The number of halogens is 1. The van der Waals surface area contributed by atoms with E-state index in [2.05, 4.69) is 27.4 Å². The molecule has 0 aliphatic heterocycles. The summed E-state index contributed by atoms with van der Waals surface area (Å²) < 4.78 is 13.5. The van der Waals surface area contributed by atoms with Gasteiger partial charge in [0, 0.05) is 6.20 Å². The summed E-state index contributed by atoms with van der Waals surface area (Å²) in [6.07, 6.45) is 3.66. The van der Waals surface area contributed by atoms with E-state index in [0.29, 0.717) is 10.6 Å². The SMILES string of the molecule is CCC(NC)c1nnc(-c2ccncc2F)s1. The number of aromatic nitrogens is 3. The first-order valence-electron chi connectivity index (χ1n) is 5.36. The smallest absolute Gasteiger partial charge is 0.151 e. The fourth-order valence-electron chi connectivity index (χ4n) is 1.54. The molecule has 1 unspecified atom stereocenters. The topological polar surface area (TPSA) is 50.7 Å². The van der Waals surface area contributed by atoms with Crippen molar-refractivity contribution in [2.75, 3.05) is 7.05 Å². The largest absolute Gasteiger partial charge is 0.311 e. The predicted octanol–water partition coefficient (Wildman–Crippen LogP) is 2.41. The van der Waals surface area contributed by atoms with Crippen molar-refractivity contribution in [3.05, 3.63) is 29.3 Å². The lowest BCUT2D eigenvalue weighted by Gasteiger charge is -2.07. The van der Waals surface area contributed by atoms with Crippen LogP contribution in [-0.4, -0.2) is 22.2 Å². The van der Waals surface area contributed by atoms with Crippen molar-refractivity contribution in [1.82, 2.24) is 20.5 Å². The van der Waals surface area contributed by atoms with Gasteiger partial charge in [0.1, 0.15) is 5.01 Å². The van der Waals surface area contributed by atoms with Crippen molar-refractivity contribution in [2.45, 2.75) is 19.4 Å². The second kappa shape index (κ2) is 5.29. The van der Waals surface area contributed by atoms with Crippen molar-refractivity contribution in [2.24, 2.45) is 0 Å². The second-order valence-electron chi connectivity index (χ2n) is 3.55. The molecule has 6 heteroatoms. The summed E-state index contributed by atoms with van der Waals surface area (Å²) in [5.41, 5.74) is 0.453. The molecule has 2 aromatic rings. The van der Waals surface area contributed by atoms with E-state index in [4.69, 9.17) is 0 Å². The van der Waals surface area contributed by atoms with E-state index in [-0.39, 0.29) is 11.9 Å². The van der Waals surface area contributed by atoms with Gasteiger partial charge >= 0.3 is 0 Å². The third kappa shape index (κ3) is 2.48. The van der Waals surface area contributed by atoms with Gasteiger partial charge in [-0.3, -0.25) is 4.98 Å². The minimum Gasteiger partial charge on any atom is -0.311 e. The molecule has 0 bridgehead atoms. The third-order valence-electron chi connectivity index (χ3n) is 2.50. The molecule has 17 heavy (non-hydrogen) atoms. The van der Waals surface area contributed by atoms with Gasteiger partial charge < -0.3 is 5.32 Å². The molecule has 0 aliphatic carbocycles. The highest BCUT2D eigenvalue weighted by Crippen LogP contribution is 2.28. The third-order valence-corrected chi connectivity index (χ3v) is 3.57. The van der Waals surface area contributed by atoms with Crippen LogP contribution in [0.4, 0.5) is 4.39 Å². The highest BCUT2D eigenvalue weighted by molar-refractivity contribution is 7.14.